The van der Waals surface area contributed by atoms with Crippen LogP contribution in [0.25, 0.3) is 0 Å². The van der Waals surface area contributed by atoms with Gasteiger partial charge in [0, 0.05) is 12.6 Å². The molecule has 0 aromatic heterocycles. The molecular weight excluding hydrogens is 382 g/mol. The predicted octanol–water partition coefficient (Wildman–Crippen LogP) is 3.22. The lowest BCUT2D eigenvalue weighted by Crippen LogP contribution is -2.41. The largest absolute Gasteiger partial charge is 0.497 e. The molecule has 3 rings (SSSR count). The van der Waals surface area contributed by atoms with Crippen LogP contribution >= 0.6 is 0 Å². The monoisotopic (exact) mass is 404 g/mol. The molecule has 1 fully saturated rings. The van der Waals surface area contributed by atoms with Crippen molar-refractivity contribution in [3.63, 3.8) is 0 Å². The number of nitrogens with zero attached hydrogens (tertiary/aromatic N) is 1. The van der Waals surface area contributed by atoms with Gasteiger partial charge in [0.2, 0.25) is 5.91 Å². The molecule has 0 spiro atoms. The molecule has 0 saturated heterocycles. The predicted molar refractivity (Wildman–Crippen MR) is 102 cm³/mol. The van der Waals surface area contributed by atoms with Crippen molar-refractivity contribution in [2.24, 2.45) is 0 Å². The summed E-state index contributed by atoms with van der Waals surface area (Å²) in [7, 11) is 1.59. The minimum absolute atomic E-state index is 0.0475. The molecule has 29 heavy (non-hydrogen) atoms. The quantitative estimate of drug-likeness (QED) is 0.697. The van der Waals surface area contributed by atoms with Crippen LogP contribution in [0.3, 0.4) is 0 Å². The first-order valence-electron chi connectivity index (χ1n) is 9.22. The number of amides is 2. The zero-order valence-corrected chi connectivity index (χ0v) is 15.9. The standard InChI is InChI=1S/C21H22F2N2O4/c1-28-16-10-6-14(7-11-16)13-25(15-8-9-15)19(26)12-24-20(27)17-4-2-3-5-18(17)29-21(22)23/h2-7,10-11,15,21H,8-9,12-13H2,1H3,(H,24,27). The molecular formula is C21H22F2N2O4. The molecule has 1 saturated carbocycles. The van der Waals surface area contributed by atoms with Gasteiger partial charge in [-0.2, -0.15) is 8.78 Å². The zero-order chi connectivity index (χ0) is 20.8. The van der Waals surface area contributed by atoms with Gasteiger partial charge in [0.1, 0.15) is 11.5 Å². The van der Waals surface area contributed by atoms with E-state index in [1.54, 1.807) is 12.0 Å². The van der Waals surface area contributed by atoms with E-state index in [0.717, 1.165) is 24.2 Å². The van der Waals surface area contributed by atoms with Gasteiger partial charge in [-0.25, -0.2) is 0 Å². The van der Waals surface area contributed by atoms with Crippen LogP contribution in [0.15, 0.2) is 48.5 Å². The highest BCUT2D eigenvalue weighted by Crippen LogP contribution is 2.29. The topological polar surface area (TPSA) is 67.9 Å². The SMILES string of the molecule is COc1ccc(CN(C(=O)CNC(=O)c2ccccc2OC(F)F)C2CC2)cc1. The smallest absolute Gasteiger partial charge is 0.387 e. The second-order valence-electron chi connectivity index (χ2n) is 6.66. The number of halogens is 2. The molecule has 1 aliphatic rings. The Kier molecular flexibility index (Phi) is 6.64. The fraction of sp³-hybridized carbons (Fsp3) is 0.333. The van der Waals surface area contributed by atoms with E-state index in [4.69, 9.17) is 4.74 Å². The summed E-state index contributed by atoms with van der Waals surface area (Å²) in [4.78, 5) is 26.8. The van der Waals surface area contributed by atoms with Crippen LogP contribution in [0.5, 0.6) is 11.5 Å². The minimum atomic E-state index is -3.04. The number of hydrogen-bond donors (Lipinski definition) is 1. The minimum Gasteiger partial charge on any atom is -0.497 e. The summed E-state index contributed by atoms with van der Waals surface area (Å²) in [6.07, 6.45) is 1.84. The molecule has 2 aromatic carbocycles. The van der Waals surface area contributed by atoms with Crippen molar-refractivity contribution in [2.45, 2.75) is 32.0 Å². The Balaban J connectivity index is 1.61. The second kappa shape index (κ2) is 9.36. The number of rotatable bonds is 9. The van der Waals surface area contributed by atoms with E-state index >= 15 is 0 Å². The van der Waals surface area contributed by atoms with Crippen LogP contribution < -0.4 is 14.8 Å². The average molecular weight is 404 g/mol. The third kappa shape index (κ3) is 5.66. The number of hydrogen-bond acceptors (Lipinski definition) is 4. The molecule has 2 amide bonds. The lowest BCUT2D eigenvalue weighted by Gasteiger charge is -2.23. The summed E-state index contributed by atoms with van der Waals surface area (Å²) in [5.74, 6) is -0.376. The zero-order valence-electron chi connectivity index (χ0n) is 15.9. The fourth-order valence-corrected chi connectivity index (χ4v) is 2.94. The molecule has 154 valence electrons. The highest BCUT2D eigenvalue weighted by Gasteiger charge is 2.32. The molecule has 1 N–H and O–H groups in total. The van der Waals surface area contributed by atoms with Gasteiger partial charge in [-0.1, -0.05) is 24.3 Å². The highest BCUT2D eigenvalue weighted by atomic mass is 19.3. The van der Waals surface area contributed by atoms with Crippen molar-refractivity contribution in [1.29, 1.82) is 0 Å². The van der Waals surface area contributed by atoms with E-state index in [-0.39, 0.29) is 29.8 Å². The van der Waals surface area contributed by atoms with Crippen molar-refractivity contribution in [3.05, 3.63) is 59.7 Å². The maximum atomic E-state index is 12.7. The van der Waals surface area contributed by atoms with Crippen LogP contribution in [0.2, 0.25) is 0 Å². The summed E-state index contributed by atoms with van der Waals surface area (Å²) in [5.41, 5.74) is 0.904. The van der Waals surface area contributed by atoms with Crippen molar-refractivity contribution >= 4 is 11.8 Å². The van der Waals surface area contributed by atoms with E-state index in [1.165, 1.54) is 24.3 Å². The second-order valence-corrected chi connectivity index (χ2v) is 6.66. The number of ether oxygens (including phenoxy) is 2. The number of para-hydroxylation sites is 1. The molecule has 0 atom stereocenters. The maximum absolute atomic E-state index is 12.7. The number of benzene rings is 2. The number of carbonyl (C=O) groups is 2. The van der Waals surface area contributed by atoms with Crippen molar-refractivity contribution < 1.29 is 27.8 Å². The van der Waals surface area contributed by atoms with Crippen LogP contribution in [-0.4, -0.2) is 43.0 Å². The Morgan fingerprint density at radius 3 is 2.45 bits per heavy atom. The Morgan fingerprint density at radius 2 is 1.83 bits per heavy atom. The Morgan fingerprint density at radius 1 is 1.14 bits per heavy atom. The first-order valence-corrected chi connectivity index (χ1v) is 9.22. The third-order valence-corrected chi connectivity index (χ3v) is 4.57. The van der Waals surface area contributed by atoms with Crippen molar-refractivity contribution in [3.8, 4) is 11.5 Å². The van der Waals surface area contributed by atoms with Gasteiger partial charge in [0.05, 0.1) is 19.2 Å². The number of nitrogens with one attached hydrogen (secondary N) is 1. The van der Waals surface area contributed by atoms with E-state index in [1.807, 2.05) is 24.3 Å². The molecule has 1 aliphatic carbocycles. The first kappa shape index (κ1) is 20.6. The van der Waals surface area contributed by atoms with E-state index in [2.05, 4.69) is 10.1 Å². The molecule has 0 heterocycles. The number of methoxy groups -OCH3 is 1. The van der Waals surface area contributed by atoms with Crippen LogP contribution in [0, 0.1) is 0 Å². The van der Waals surface area contributed by atoms with E-state index < -0.39 is 12.5 Å². The van der Waals surface area contributed by atoms with Crippen molar-refractivity contribution in [1.82, 2.24) is 10.2 Å². The molecule has 8 heteroatoms. The average Bonchev–Trinajstić information content (AvgIpc) is 3.55. The van der Waals surface area contributed by atoms with Gasteiger partial charge in [0.25, 0.3) is 5.91 Å². The van der Waals surface area contributed by atoms with Gasteiger partial charge >= 0.3 is 6.61 Å². The summed E-state index contributed by atoms with van der Waals surface area (Å²) in [6, 6.07) is 13.3. The number of alkyl halides is 2. The molecule has 0 radical (unpaired) electrons. The van der Waals surface area contributed by atoms with Crippen molar-refractivity contribution in [2.75, 3.05) is 13.7 Å². The van der Waals surface area contributed by atoms with Gasteiger partial charge in [0.15, 0.2) is 0 Å². The Hall–Kier alpha value is -3.16. The maximum Gasteiger partial charge on any atom is 0.387 e. The van der Waals surface area contributed by atoms with Crippen LogP contribution in [-0.2, 0) is 11.3 Å². The van der Waals surface area contributed by atoms with Gasteiger partial charge in [-0.15, -0.1) is 0 Å². The lowest BCUT2D eigenvalue weighted by molar-refractivity contribution is -0.131. The summed E-state index contributed by atoms with van der Waals surface area (Å²) < 4.78 is 34.5. The van der Waals surface area contributed by atoms with Crippen LogP contribution in [0.4, 0.5) is 8.78 Å². The van der Waals surface area contributed by atoms with E-state index in [9.17, 15) is 18.4 Å². The summed E-state index contributed by atoms with van der Waals surface area (Å²) >= 11 is 0. The third-order valence-electron chi connectivity index (χ3n) is 4.57. The first-order chi connectivity index (χ1) is 14.0. The van der Waals surface area contributed by atoms with Crippen LogP contribution in [0.1, 0.15) is 28.8 Å². The highest BCUT2D eigenvalue weighted by molar-refractivity contribution is 5.98. The normalized spacial score (nSPS) is 13.1. The molecule has 0 bridgehead atoms. The van der Waals surface area contributed by atoms with Gasteiger partial charge in [-0.05, 0) is 42.7 Å². The molecule has 2 aromatic rings. The molecule has 6 nitrogen and oxygen atoms in total. The summed E-state index contributed by atoms with van der Waals surface area (Å²) in [6.45, 7) is -2.84. The molecule has 0 unspecified atom stereocenters. The molecule has 0 aliphatic heterocycles. The number of carbonyl (C=O) groups excluding carboxylic acids is 2. The van der Waals surface area contributed by atoms with Gasteiger partial charge < -0.3 is 19.7 Å². The summed E-state index contributed by atoms with van der Waals surface area (Å²) in [5, 5.41) is 2.50. The van der Waals surface area contributed by atoms with E-state index in [0.29, 0.717) is 6.54 Å². The van der Waals surface area contributed by atoms with Gasteiger partial charge in [-0.3, -0.25) is 9.59 Å². The Labute approximate surface area is 167 Å². The lowest BCUT2D eigenvalue weighted by atomic mass is 10.2. The fourth-order valence-electron chi connectivity index (χ4n) is 2.94. The Bertz CT molecular complexity index is 854.